The number of carbonyl (C=O) groups excluding carboxylic acids is 1. The fourth-order valence-electron chi connectivity index (χ4n) is 1.87. The Bertz CT molecular complexity index is 647. The van der Waals surface area contributed by atoms with Crippen molar-refractivity contribution in [1.82, 2.24) is 0 Å². The topological polar surface area (TPSA) is 157 Å². The zero-order valence-corrected chi connectivity index (χ0v) is 14.1. The number of esters is 1. The summed E-state index contributed by atoms with van der Waals surface area (Å²) in [5, 5.41) is 23.3. The number of aliphatic hydroxyl groups excluding tert-OH is 1. The Morgan fingerprint density at radius 3 is 2.65 bits per heavy atom. The maximum Gasteiger partial charge on any atom is 0.308 e. The fourth-order valence-corrected chi connectivity index (χ4v) is 1.87. The third-order valence-corrected chi connectivity index (χ3v) is 3.14. The first kappa shape index (κ1) is 21.3. The number of hydrogen-bond donors (Lipinski definition) is 1. The normalized spacial score (nSPS) is 10.2. The zero-order valence-electron chi connectivity index (χ0n) is 14.1. The highest BCUT2D eigenvalue weighted by molar-refractivity contribution is 5.69. The number of ether oxygens (including phenoxy) is 3. The molecule has 0 aromatic heterocycles. The second kappa shape index (κ2) is 12.6. The molecular formula is C15H20N4O7. The van der Waals surface area contributed by atoms with Gasteiger partial charge in [-0.05, 0) is 17.2 Å². The van der Waals surface area contributed by atoms with Gasteiger partial charge in [0.1, 0.15) is 6.61 Å². The van der Waals surface area contributed by atoms with E-state index in [2.05, 4.69) is 10.0 Å². The highest BCUT2D eigenvalue weighted by Crippen LogP contribution is 2.20. The average molecular weight is 368 g/mol. The molecule has 0 spiro atoms. The van der Waals surface area contributed by atoms with Crippen LogP contribution in [0.15, 0.2) is 23.3 Å². The summed E-state index contributed by atoms with van der Waals surface area (Å²) in [4.78, 5) is 24.5. The van der Waals surface area contributed by atoms with Crippen LogP contribution in [0.25, 0.3) is 10.4 Å². The second-order valence-electron chi connectivity index (χ2n) is 4.97. The van der Waals surface area contributed by atoms with Crippen molar-refractivity contribution in [3.05, 3.63) is 49.9 Å². The van der Waals surface area contributed by atoms with Gasteiger partial charge in [-0.25, -0.2) is 0 Å². The number of nitrogens with zero attached hydrogens (tertiary/aromatic N) is 4. The number of nitro groups is 1. The van der Waals surface area contributed by atoms with Crippen molar-refractivity contribution in [3.63, 3.8) is 0 Å². The minimum atomic E-state index is -0.598. The van der Waals surface area contributed by atoms with Gasteiger partial charge in [-0.3, -0.25) is 14.9 Å². The molecule has 1 N–H and O–H groups in total. The SMILES string of the molecule is [N-]=[N+]=NCCOCCOCCC(=O)OCc1ccc(CO)c([N+](=O)[O-])c1. The molecule has 26 heavy (non-hydrogen) atoms. The molecule has 0 saturated heterocycles. The third-order valence-electron chi connectivity index (χ3n) is 3.14. The van der Waals surface area contributed by atoms with Crippen LogP contribution in [0.4, 0.5) is 5.69 Å². The molecule has 11 heteroatoms. The van der Waals surface area contributed by atoms with Crippen LogP contribution < -0.4 is 0 Å². The minimum absolute atomic E-state index is 0.0372. The smallest absolute Gasteiger partial charge is 0.308 e. The van der Waals surface area contributed by atoms with Crippen LogP contribution in [0.1, 0.15) is 17.5 Å². The second-order valence-corrected chi connectivity index (χ2v) is 4.97. The summed E-state index contributed by atoms with van der Waals surface area (Å²) in [6.45, 7) is 0.769. The van der Waals surface area contributed by atoms with Gasteiger partial charge in [0, 0.05) is 17.5 Å². The van der Waals surface area contributed by atoms with E-state index in [-0.39, 0.29) is 37.4 Å². The Morgan fingerprint density at radius 2 is 2.00 bits per heavy atom. The van der Waals surface area contributed by atoms with Crippen molar-refractivity contribution in [3.8, 4) is 0 Å². The summed E-state index contributed by atoms with van der Waals surface area (Å²) in [6.07, 6.45) is 0.0372. The van der Waals surface area contributed by atoms with Gasteiger partial charge in [0.25, 0.3) is 5.69 Å². The minimum Gasteiger partial charge on any atom is -0.461 e. The zero-order chi connectivity index (χ0) is 19.2. The van der Waals surface area contributed by atoms with Gasteiger partial charge in [0.2, 0.25) is 0 Å². The summed E-state index contributed by atoms with van der Waals surface area (Å²) in [7, 11) is 0. The number of nitro benzene ring substituents is 1. The molecule has 142 valence electrons. The van der Waals surface area contributed by atoms with Crippen LogP contribution in [0.5, 0.6) is 0 Å². The Balaban J connectivity index is 2.21. The van der Waals surface area contributed by atoms with Gasteiger partial charge in [-0.15, -0.1) is 0 Å². The number of azide groups is 1. The van der Waals surface area contributed by atoms with Gasteiger partial charge < -0.3 is 19.3 Å². The molecule has 0 bridgehead atoms. The van der Waals surface area contributed by atoms with Crippen molar-refractivity contribution >= 4 is 11.7 Å². The highest BCUT2D eigenvalue weighted by atomic mass is 16.6. The van der Waals surface area contributed by atoms with Crippen LogP contribution >= 0.6 is 0 Å². The molecule has 0 radical (unpaired) electrons. The molecule has 1 aromatic rings. The van der Waals surface area contributed by atoms with Crippen molar-refractivity contribution in [2.45, 2.75) is 19.6 Å². The average Bonchev–Trinajstić information content (AvgIpc) is 2.64. The first-order valence-corrected chi connectivity index (χ1v) is 7.77. The molecule has 0 heterocycles. The van der Waals surface area contributed by atoms with E-state index in [0.717, 1.165) is 0 Å². The molecular weight excluding hydrogens is 348 g/mol. The lowest BCUT2D eigenvalue weighted by Gasteiger charge is -2.07. The van der Waals surface area contributed by atoms with Crippen LogP contribution in [0, 0.1) is 10.1 Å². The van der Waals surface area contributed by atoms with E-state index < -0.39 is 17.5 Å². The molecule has 0 aliphatic carbocycles. The molecule has 0 fully saturated rings. The summed E-state index contributed by atoms with van der Waals surface area (Å²) >= 11 is 0. The van der Waals surface area contributed by atoms with Crippen LogP contribution in [0.3, 0.4) is 0 Å². The first-order chi connectivity index (χ1) is 12.6. The molecule has 1 rings (SSSR count). The van der Waals surface area contributed by atoms with Crippen LogP contribution in [-0.2, 0) is 32.2 Å². The molecule has 0 aliphatic rings. The lowest BCUT2D eigenvalue weighted by molar-refractivity contribution is -0.385. The van der Waals surface area contributed by atoms with Crippen LogP contribution in [-0.4, -0.2) is 49.0 Å². The molecule has 1 aromatic carbocycles. The Hall–Kier alpha value is -2.72. The number of rotatable bonds is 13. The van der Waals surface area contributed by atoms with E-state index in [4.69, 9.17) is 24.8 Å². The van der Waals surface area contributed by atoms with Gasteiger partial charge >= 0.3 is 5.97 Å². The predicted molar refractivity (Wildman–Crippen MR) is 89.1 cm³/mol. The number of benzene rings is 1. The predicted octanol–water partition coefficient (Wildman–Crippen LogP) is 1.86. The maximum atomic E-state index is 11.6. The quantitative estimate of drug-likeness (QED) is 0.106. The van der Waals surface area contributed by atoms with Crippen molar-refractivity contribution in [1.29, 1.82) is 0 Å². The van der Waals surface area contributed by atoms with E-state index >= 15 is 0 Å². The Morgan fingerprint density at radius 1 is 1.27 bits per heavy atom. The monoisotopic (exact) mass is 368 g/mol. The molecule has 11 nitrogen and oxygen atoms in total. The third kappa shape index (κ3) is 8.40. The lowest BCUT2D eigenvalue weighted by Crippen LogP contribution is -2.11. The Kier molecular flexibility index (Phi) is 10.3. The number of carbonyl (C=O) groups is 1. The fraction of sp³-hybridized carbons (Fsp3) is 0.533. The van der Waals surface area contributed by atoms with E-state index in [0.29, 0.717) is 25.4 Å². The molecule has 0 amide bonds. The molecule has 0 unspecified atom stereocenters. The van der Waals surface area contributed by atoms with Gasteiger partial charge in [0.15, 0.2) is 0 Å². The number of aliphatic hydroxyl groups is 1. The Labute approximate surface area is 149 Å². The first-order valence-electron chi connectivity index (χ1n) is 7.77. The number of hydrogen-bond acceptors (Lipinski definition) is 8. The van der Waals surface area contributed by atoms with E-state index in [1.54, 1.807) is 6.07 Å². The van der Waals surface area contributed by atoms with Gasteiger partial charge in [-0.2, -0.15) is 0 Å². The molecule has 0 saturated carbocycles. The van der Waals surface area contributed by atoms with Crippen molar-refractivity contribution in [2.75, 3.05) is 33.0 Å². The van der Waals surface area contributed by atoms with Gasteiger partial charge in [-0.1, -0.05) is 11.2 Å². The molecule has 0 aliphatic heterocycles. The van der Waals surface area contributed by atoms with E-state index in [9.17, 15) is 14.9 Å². The largest absolute Gasteiger partial charge is 0.461 e. The summed E-state index contributed by atoms with van der Waals surface area (Å²) in [6, 6.07) is 4.24. The summed E-state index contributed by atoms with van der Waals surface area (Å²) < 4.78 is 15.3. The van der Waals surface area contributed by atoms with E-state index in [1.165, 1.54) is 12.1 Å². The summed E-state index contributed by atoms with van der Waals surface area (Å²) in [5.74, 6) is -0.497. The standard InChI is InChI=1S/C15H20N4O7/c16-18-17-4-6-25-8-7-24-5-3-15(21)26-11-12-1-2-13(10-20)14(9-12)19(22)23/h1-2,9,20H,3-8,10-11H2. The lowest BCUT2D eigenvalue weighted by atomic mass is 10.1. The summed E-state index contributed by atoms with van der Waals surface area (Å²) in [5.41, 5.74) is 8.50. The van der Waals surface area contributed by atoms with Crippen LogP contribution in [0.2, 0.25) is 0 Å². The highest BCUT2D eigenvalue weighted by Gasteiger charge is 2.14. The van der Waals surface area contributed by atoms with Gasteiger partial charge in [0.05, 0.1) is 49.9 Å². The van der Waals surface area contributed by atoms with E-state index in [1.807, 2.05) is 0 Å². The maximum absolute atomic E-state index is 11.6. The van der Waals surface area contributed by atoms with Crippen molar-refractivity contribution < 1.29 is 29.0 Å². The van der Waals surface area contributed by atoms with Crippen molar-refractivity contribution in [2.24, 2.45) is 5.11 Å². The molecule has 0 atom stereocenters.